The van der Waals surface area contributed by atoms with Gasteiger partial charge in [-0.1, -0.05) is 18.2 Å². The fourth-order valence-electron chi connectivity index (χ4n) is 2.95. The van der Waals surface area contributed by atoms with E-state index >= 15 is 0 Å². The number of fused-ring (bicyclic) bond motifs is 1. The van der Waals surface area contributed by atoms with E-state index in [-0.39, 0.29) is 11.8 Å². The molecule has 0 bridgehead atoms. The highest BCUT2D eigenvalue weighted by Crippen LogP contribution is 2.22. The van der Waals surface area contributed by atoms with Gasteiger partial charge >= 0.3 is 0 Å². The number of imide groups is 1. The number of benzene rings is 1. The molecular formula is C20H24N4O2S. The van der Waals surface area contributed by atoms with E-state index in [0.29, 0.717) is 24.2 Å². The fourth-order valence-corrected chi connectivity index (χ4v) is 3.57. The second-order valence-electron chi connectivity index (χ2n) is 6.22. The number of unbranched alkanes of at least 4 members (excludes halogenated alkanes) is 1. The van der Waals surface area contributed by atoms with Crippen LogP contribution in [0.25, 0.3) is 0 Å². The average molecular weight is 385 g/mol. The second kappa shape index (κ2) is 9.32. The van der Waals surface area contributed by atoms with Crippen molar-refractivity contribution in [2.75, 3.05) is 19.6 Å². The van der Waals surface area contributed by atoms with Gasteiger partial charge in [-0.3, -0.25) is 14.5 Å². The quantitative estimate of drug-likeness (QED) is 0.318. The van der Waals surface area contributed by atoms with Gasteiger partial charge in [-0.25, -0.2) is 4.99 Å². The second-order valence-corrected chi connectivity index (χ2v) is 7.25. The van der Waals surface area contributed by atoms with Gasteiger partial charge in [0.1, 0.15) is 0 Å². The van der Waals surface area contributed by atoms with Gasteiger partial charge in [-0.2, -0.15) is 0 Å². The Morgan fingerprint density at radius 1 is 1.04 bits per heavy atom. The Kier molecular flexibility index (Phi) is 6.59. The van der Waals surface area contributed by atoms with E-state index < -0.39 is 0 Å². The third kappa shape index (κ3) is 4.74. The Bertz CT molecular complexity index is 782. The third-order valence-electron chi connectivity index (χ3n) is 4.30. The molecule has 3 rings (SSSR count). The van der Waals surface area contributed by atoms with E-state index in [1.807, 2.05) is 18.4 Å². The predicted molar refractivity (Wildman–Crippen MR) is 108 cm³/mol. The van der Waals surface area contributed by atoms with Crippen LogP contribution in [0.15, 0.2) is 46.8 Å². The number of aliphatic imine (C=N–C) groups is 1. The number of rotatable bonds is 8. The Hall–Kier alpha value is -2.67. The Morgan fingerprint density at radius 3 is 2.41 bits per heavy atom. The minimum Gasteiger partial charge on any atom is -0.357 e. The summed E-state index contributed by atoms with van der Waals surface area (Å²) in [5.41, 5.74) is 1.02. The molecule has 1 aromatic carbocycles. The maximum atomic E-state index is 12.3. The zero-order chi connectivity index (χ0) is 19.1. The number of nitrogens with zero attached hydrogens (tertiary/aromatic N) is 2. The van der Waals surface area contributed by atoms with Gasteiger partial charge in [-0.05, 0) is 43.3 Å². The van der Waals surface area contributed by atoms with E-state index in [9.17, 15) is 9.59 Å². The van der Waals surface area contributed by atoms with Crippen LogP contribution in [0.5, 0.6) is 0 Å². The van der Waals surface area contributed by atoms with Gasteiger partial charge in [0.25, 0.3) is 11.8 Å². The third-order valence-corrected chi connectivity index (χ3v) is 5.16. The van der Waals surface area contributed by atoms with E-state index in [2.05, 4.69) is 21.7 Å². The lowest BCUT2D eigenvalue weighted by Gasteiger charge is -2.14. The molecule has 1 aliphatic heterocycles. The first-order chi connectivity index (χ1) is 13.2. The predicted octanol–water partition coefficient (Wildman–Crippen LogP) is 2.88. The number of thiophene rings is 1. The largest absolute Gasteiger partial charge is 0.357 e. The average Bonchev–Trinajstić information content (AvgIpc) is 3.28. The highest BCUT2D eigenvalue weighted by atomic mass is 32.1. The van der Waals surface area contributed by atoms with Crippen molar-refractivity contribution in [3.8, 4) is 0 Å². The molecule has 0 radical (unpaired) electrons. The number of hydrogen-bond acceptors (Lipinski definition) is 4. The van der Waals surface area contributed by atoms with Crippen LogP contribution < -0.4 is 10.6 Å². The first-order valence-corrected chi connectivity index (χ1v) is 10.1. The molecule has 2 aromatic rings. The standard InChI is InChI=1S/C20H24N4O2S/c1-2-21-20(23-14-15-8-7-13-27-15)22-11-5-6-12-24-18(25)16-9-3-4-10-17(16)19(24)26/h3-4,7-10,13H,2,5-6,11-12,14H2,1H3,(H2,21,22,23). The highest BCUT2D eigenvalue weighted by molar-refractivity contribution is 7.09. The number of amides is 2. The molecule has 0 saturated heterocycles. The number of carbonyl (C=O) groups excluding carboxylic acids is 2. The van der Waals surface area contributed by atoms with Crippen LogP contribution >= 0.6 is 11.3 Å². The minimum absolute atomic E-state index is 0.186. The molecule has 0 fully saturated rings. The lowest BCUT2D eigenvalue weighted by molar-refractivity contribution is 0.0652. The number of carbonyl (C=O) groups is 2. The molecule has 1 aliphatic rings. The van der Waals surface area contributed by atoms with Crippen molar-refractivity contribution in [1.29, 1.82) is 0 Å². The zero-order valence-electron chi connectivity index (χ0n) is 15.4. The lowest BCUT2D eigenvalue weighted by Crippen LogP contribution is -2.38. The van der Waals surface area contributed by atoms with Crippen LogP contribution in [0.4, 0.5) is 0 Å². The van der Waals surface area contributed by atoms with Gasteiger partial charge in [0.15, 0.2) is 5.96 Å². The van der Waals surface area contributed by atoms with Gasteiger partial charge < -0.3 is 10.6 Å². The summed E-state index contributed by atoms with van der Waals surface area (Å²) in [6.07, 6.45) is 1.60. The SMILES string of the molecule is CCNC(=NCc1cccs1)NCCCCN1C(=O)c2ccccc2C1=O. The summed E-state index contributed by atoms with van der Waals surface area (Å²) in [4.78, 5) is 31.8. The van der Waals surface area contributed by atoms with Crippen LogP contribution in [0.1, 0.15) is 45.4 Å². The van der Waals surface area contributed by atoms with Crippen molar-refractivity contribution >= 4 is 29.1 Å². The summed E-state index contributed by atoms with van der Waals surface area (Å²) in [7, 11) is 0. The number of guanidine groups is 1. The molecule has 7 heteroatoms. The highest BCUT2D eigenvalue weighted by Gasteiger charge is 2.34. The van der Waals surface area contributed by atoms with Crippen LogP contribution in [0.3, 0.4) is 0 Å². The van der Waals surface area contributed by atoms with Crippen molar-refractivity contribution in [1.82, 2.24) is 15.5 Å². The molecule has 6 nitrogen and oxygen atoms in total. The molecular weight excluding hydrogens is 360 g/mol. The first kappa shape index (κ1) is 19.1. The molecule has 0 unspecified atom stereocenters. The normalized spacial score (nSPS) is 13.8. The van der Waals surface area contributed by atoms with Crippen LogP contribution in [0.2, 0.25) is 0 Å². The molecule has 2 N–H and O–H groups in total. The summed E-state index contributed by atoms with van der Waals surface area (Å²) >= 11 is 1.69. The van der Waals surface area contributed by atoms with Gasteiger partial charge in [0.2, 0.25) is 0 Å². The zero-order valence-corrected chi connectivity index (χ0v) is 16.2. The summed E-state index contributed by atoms with van der Waals surface area (Å²) in [6.45, 7) is 4.66. The minimum atomic E-state index is -0.186. The molecule has 0 spiro atoms. The fraction of sp³-hybridized carbons (Fsp3) is 0.350. The van der Waals surface area contributed by atoms with Crippen LogP contribution in [0, 0.1) is 0 Å². The van der Waals surface area contributed by atoms with Gasteiger partial charge in [-0.15, -0.1) is 11.3 Å². The topological polar surface area (TPSA) is 73.8 Å². The van der Waals surface area contributed by atoms with E-state index in [0.717, 1.165) is 31.9 Å². The van der Waals surface area contributed by atoms with E-state index in [1.165, 1.54) is 9.78 Å². The van der Waals surface area contributed by atoms with E-state index in [1.54, 1.807) is 35.6 Å². The van der Waals surface area contributed by atoms with Crippen molar-refractivity contribution in [3.05, 3.63) is 57.8 Å². The van der Waals surface area contributed by atoms with Crippen molar-refractivity contribution in [2.24, 2.45) is 4.99 Å². The summed E-state index contributed by atoms with van der Waals surface area (Å²) < 4.78 is 0. The monoisotopic (exact) mass is 384 g/mol. The Labute approximate surface area is 163 Å². The lowest BCUT2D eigenvalue weighted by atomic mass is 10.1. The van der Waals surface area contributed by atoms with Gasteiger partial charge in [0, 0.05) is 24.5 Å². The smallest absolute Gasteiger partial charge is 0.261 e. The number of nitrogens with one attached hydrogen (secondary N) is 2. The molecule has 0 saturated carbocycles. The van der Waals surface area contributed by atoms with Crippen molar-refractivity contribution in [2.45, 2.75) is 26.3 Å². The Morgan fingerprint density at radius 2 is 1.78 bits per heavy atom. The molecule has 1 aromatic heterocycles. The first-order valence-electron chi connectivity index (χ1n) is 9.20. The van der Waals surface area contributed by atoms with Crippen molar-refractivity contribution < 1.29 is 9.59 Å². The summed E-state index contributed by atoms with van der Waals surface area (Å²) in [5.74, 6) is 0.412. The van der Waals surface area contributed by atoms with Crippen LogP contribution in [-0.2, 0) is 6.54 Å². The molecule has 0 aliphatic carbocycles. The van der Waals surface area contributed by atoms with E-state index in [4.69, 9.17) is 0 Å². The summed E-state index contributed by atoms with van der Waals surface area (Å²) in [6, 6.07) is 11.1. The molecule has 27 heavy (non-hydrogen) atoms. The molecule has 2 amide bonds. The molecule has 2 heterocycles. The molecule has 142 valence electrons. The van der Waals surface area contributed by atoms with Crippen LogP contribution in [-0.4, -0.2) is 42.3 Å². The number of hydrogen-bond donors (Lipinski definition) is 2. The Balaban J connectivity index is 1.42. The van der Waals surface area contributed by atoms with Gasteiger partial charge in [0.05, 0.1) is 17.7 Å². The summed E-state index contributed by atoms with van der Waals surface area (Å²) in [5, 5.41) is 8.58. The maximum Gasteiger partial charge on any atom is 0.261 e. The molecule has 0 atom stereocenters. The maximum absolute atomic E-state index is 12.3. The van der Waals surface area contributed by atoms with Crippen molar-refractivity contribution in [3.63, 3.8) is 0 Å².